The molecule has 0 radical (unpaired) electrons. The fourth-order valence-electron chi connectivity index (χ4n) is 3.25. The smallest absolute Gasteiger partial charge is 0.327 e. The van der Waals surface area contributed by atoms with Gasteiger partial charge in [-0.25, -0.2) is 4.79 Å². The number of hydrogen-bond acceptors (Lipinski definition) is 5. The van der Waals surface area contributed by atoms with Crippen molar-refractivity contribution in [3.8, 4) is 0 Å². The zero-order chi connectivity index (χ0) is 17.9. The van der Waals surface area contributed by atoms with Crippen LogP contribution < -0.4 is 5.32 Å². The molecule has 2 fully saturated rings. The zero-order valence-corrected chi connectivity index (χ0v) is 14.9. The van der Waals surface area contributed by atoms with Crippen molar-refractivity contribution in [1.29, 1.82) is 0 Å². The minimum atomic E-state index is -0.992. The van der Waals surface area contributed by atoms with Crippen LogP contribution in [0.25, 0.3) is 0 Å². The number of carbonyl (C=O) groups excluding carboxylic acids is 1. The lowest BCUT2D eigenvalue weighted by Crippen LogP contribution is -2.55. The Balaban J connectivity index is 2.09. The number of nitrogens with one attached hydrogen (secondary N) is 1. The van der Waals surface area contributed by atoms with Gasteiger partial charge in [-0.05, 0) is 38.0 Å². The van der Waals surface area contributed by atoms with Gasteiger partial charge in [0.1, 0.15) is 12.1 Å². The first kappa shape index (κ1) is 19.1. The van der Waals surface area contributed by atoms with Crippen molar-refractivity contribution in [1.82, 2.24) is 10.2 Å². The maximum absolute atomic E-state index is 12.8. The number of carbonyl (C=O) groups is 3. The molecule has 2 heterocycles. The van der Waals surface area contributed by atoms with E-state index in [1.54, 1.807) is 0 Å². The number of rotatable bonds is 7. The topological polar surface area (TPSA) is 107 Å². The fourth-order valence-corrected chi connectivity index (χ4v) is 4.70. The van der Waals surface area contributed by atoms with Crippen LogP contribution in [-0.2, 0) is 14.4 Å². The molecule has 8 heteroatoms. The summed E-state index contributed by atoms with van der Waals surface area (Å²) in [5.41, 5.74) is 0. The number of carboxylic acids is 2. The van der Waals surface area contributed by atoms with Crippen LogP contribution in [0.15, 0.2) is 0 Å². The van der Waals surface area contributed by atoms with Gasteiger partial charge in [-0.15, -0.1) is 11.8 Å². The maximum atomic E-state index is 12.8. The summed E-state index contributed by atoms with van der Waals surface area (Å²) >= 11 is 1.50. The standard InChI is InChI=1S/C16H26N2O5S/c1-9(2)6-7-11(15(20)21)17-10-4-3-5-13-18(14(10)19)12(8-24-13)16(22)23/h9-13,17H,3-8H2,1-2H3,(H,20,21)(H,22,23)/t10-,11?,12-,13+/m1/s1. The number of thioether (sulfide) groups is 1. The molecule has 0 saturated carbocycles. The summed E-state index contributed by atoms with van der Waals surface area (Å²) < 4.78 is 0. The van der Waals surface area contributed by atoms with Crippen molar-refractivity contribution in [3.05, 3.63) is 0 Å². The van der Waals surface area contributed by atoms with E-state index < -0.39 is 30.1 Å². The molecule has 0 aromatic rings. The molecule has 1 amide bonds. The first-order chi connectivity index (χ1) is 11.3. The molecule has 2 aliphatic rings. The third-order valence-corrected chi connectivity index (χ3v) is 5.96. The van der Waals surface area contributed by atoms with Crippen LogP contribution in [0.3, 0.4) is 0 Å². The predicted octanol–water partition coefficient (Wildman–Crippen LogP) is 1.37. The van der Waals surface area contributed by atoms with Crippen LogP contribution in [-0.4, -0.2) is 62.2 Å². The van der Waals surface area contributed by atoms with Crippen LogP contribution in [0.1, 0.15) is 46.0 Å². The molecule has 0 bridgehead atoms. The van der Waals surface area contributed by atoms with E-state index >= 15 is 0 Å². The summed E-state index contributed by atoms with van der Waals surface area (Å²) in [6.45, 7) is 4.05. The third-order valence-electron chi connectivity index (χ3n) is 4.61. The highest BCUT2D eigenvalue weighted by molar-refractivity contribution is 8.00. The Morgan fingerprint density at radius 1 is 1.29 bits per heavy atom. The molecule has 0 aromatic heterocycles. The second-order valence-electron chi connectivity index (χ2n) is 6.90. The summed E-state index contributed by atoms with van der Waals surface area (Å²) in [5, 5.41) is 21.6. The van der Waals surface area contributed by atoms with Crippen LogP contribution in [0, 0.1) is 5.92 Å². The van der Waals surface area contributed by atoms with Crippen molar-refractivity contribution >= 4 is 29.6 Å². The first-order valence-corrected chi connectivity index (χ1v) is 9.51. The van der Waals surface area contributed by atoms with Gasteiger partial charge < -0.3 is 15.1 Å². The van der Waals surface area contributed by atoms with Crippen LogP contribution in [0.2, 0.25) is 0 Å². The summed E-state index contributed by atoms with van der Waals surface area (Å²) in [4.78, 5) is 37.2. The second-order valence-corrected chi connectivity index (χ2v) is 8.11. The lowest BCUT2D eigenvalue weighted by molar-refractivity contribution is -0.150. The van der Waals surface area contributed by atoms with Crippen LogP contribution in [0.4, 0.5) is 0 Å². The zero-order valence-electron chi connectivity index (χ0n) is 14.1. The van der Waals surface area contributed by atoms with E-state index in [1.165, 1.54) is 16.7 Å². The van der Waals surface area contributed by atoms with E-state index in [1.807, 2.05) is 13.8 Å². The molecular formula is C16H26N2O5S. The van der Waals surface area contributed by atoms with Crippen LogP contribution >= 0.6 is 11.8 Å². The summed E-state index contributed by atoms with van der Waals surface area (Å²) in [6.07, 6.45) is 3.29. The van der Waals surface area contributed by atoms with Gasteiger partial charge in [0.05, 0.1) is 11.4 Å². The Hall–Kier alpha value is -1.28. The highest BCUT2D eigenvalue weighted by Crippen LogP contribution is 2.35. The minimum Gasteiger partial charge on any atom is -0.480 e. The number of carboxylic acid groups (broad SMARTS) is 2. The highest BCUT2D eigenvalue weighted by Gasteiger charge is 2.45. The highest BCUT2D eigenvalue weighted by atomic mass is 32.2. The van der Waals surface area contributed by atoms with E-state index in [-0.39, 0.29) is 11.3 Å². The average molecular weight is 358 g/mol. The van der Waals surface area contributed by atoms with Crippen molar-refractivity contribution in [3.63, 3.8) is 0 Å². The fraction of sp³-hybridized carbons (Fsp3) is 0.812. The number of fused-ring (bicyclic) bond motifs is 1. The summed E-state index contributed by atoms with van der Waals surface area (Å²) in [7, 11) is 0. The molecule has 0 aromatic carbocycles. The Morgan fingerprint density at radius 2 is 2.00 bits per heavy atom. The van der Waals surface area contributed by atoms with E-state index in [2.05, 4.69) is 5.32 Å². The first-order valence-electron chi connectivity index (χ1n) is 8.46. The van der Waals surface area contributed by atoms with E-state index in [0.29, 0.717) is 24.5 Å². The summed E-state index contributed by atoms with van der Waals surface area (Å²) in [6, 6.07) is -2.21. The second kappa shape index (κ2) is 8.20. The summed E-state index contributed by atoms with van der Waals surface area (Å²) in [5.74, 6) is -1.45. The Kier molecular flexibility index (Phi) is 6.51. The lowest BCUT2D eigenvalue weighted by atomic mass is 10.0. The average Bonchev–Trinajstić information content (AvgIpc) is 2.86. The third kappa shape index (κ3) is 4.42. The monoisotopic (exact) mass is 358 g/mol. The van der Waals surface area contributed by atoms with Gasteiger partial charge in [0.2, 0.25) is 5.91 Å². The van der Waals surface area contributed by atoms with Crippen LogP contribution in [0.5, 0.6) is 0 Å². The number of hydrogen-bond donors (Lipinski definition) is 3. The molecule has 7 nitrogen and oxygen atoms in total. The van der Waals surface area contributed by atoms with Gasteiger partial charge in [-0.1, -0.05) is 13.8 Å². The van der Waals surface area contributed by atoms with Crippen molar-refractivity contribution in [2.45, 2.75) is 69.5 Å². The Bertz CT molecular complexity index is 499. The molecular weight excluding hydrogens is 332 g/mol. The Morgan fingerprint density at radius 3 is 2.58 bits per heavy atom. The molecule has 4 atom stereocenters. The number of nitrogens with zero attached hydrogens (tertiary/aromatic N) is 1. The van der Waals surface area contributed by atoms with Crippen molar-refractivity contribution in [2.24, 2.45) is 5.92 Å². The molecule has 2 aliphatic heterocycles. The van der Waals surface area contributed by atoms with Crippen molar-refractivity contribution < 1.29 is 24.6 Å². The minimum absolute atomic E-state index is 0.107. The van der Waals surface area contributed by atoms with E-state index in [4.69, 9.17) is 0 Å². The van der Waals surface area contributed by atoms with Gasteiger partial charge in [-0.3, -0.25) is 14.9 Å². The molecule has 0 aliphatic carbocycles. The molecule has 2 saturated heterocycles. The molecule has 24 heavy (non-hydrogen) atoms. The van der Waals surface area contributed by atoms with Gasteiger partial charge in [-0.2, -0.15) is 0 Å². The molecule has 1 unspecified atom stereocenters. The molecule has 136 valence electrons. The number of amides is 1. The largest absolute Gasteiger partial charge is 0.480 e. The van der Waals surface area contributed by atoms with Crippen molar-refractivity contribution in [2.75, 3.05) is 5.75 Å². The van der Waals surface area contributed by atoms with Gasteiger partial charge >= 0.3 is 11.9 Å². The van der Waals surface area contributed by atoms with Gasteiger partial charge in [0.25, 0.3) is 0 Å². The molecule has 0 spiro atoms. The van der Waals surface area contributed by atoms with Gasteiger partial charge in [0.15, 0.2) is 0 Å². The SMILES string of the molecule is CC(C)CCC(N[C@@H]1CCC[C@@H]2SC[C@H](C(=O)O)N2C1=O)C(=O)O. The van der Waals surface area contributed by atoms with E-state index in [0.717, 1.165) is 19.3 Å². The van der Waals surface area contributed by atoms with E-state index in [9.17, 15) is 24.6 Å². The Labute approximate surface area is 146 Å². The molecule has 2 rings (SSSR count). The maximum Gasteiger partial charge on any atom is 0.327 e. The van der Waals surface area contributed by atoms with Gasteiger partial charge in [0, 0.05) is 5.75 Å². The quantitative estimate of drug-likeness (QED) is 0.631. The predicted molar refractivity (Wildman–Crippen MR) is 90.8 cm³/mol. The normalized spacial score (nSPS) is 28.5. The number of aliphatic carboxylic acids is 2. The lowest BCUT2D eigenvalue weighted by Gasteiger charge is -2.29. The molecule has 3 N–H and O–H groups in total.